The second-order valence-electron chi connectivity index (χ2n) is 5.00. The zero-order chi connectivity index (χ0) is 10.6. The van der Waals surface area contributed by atoms with E-state index in [9.17, 15) is 0 Å². The van der Waals surface area contributed by atoms with Crippen molar-refractivity contribution in [3.05, 3.63) is 33.8 Å². The molecule has 0 amide bonds. The number of aryl methyl sites for hydroxylation is 1. The lowest BCUT2D eigenvalue weighted by atomic mass is 9.96. The van der Waals surface area contributed by atoms with Gasteiger partial charge in [0.2, 0.25) is 0 Å². The summed E-state index contributed by atoms with van der Waals surface area (Å²) in [5.74, 6) is 0. The summed E-state index contributed by atoms with van der Waals surface area (Å²) in [5, 5.41) is 0. The average Bonchev–Trinajstić information content (AvgIpc) is 2.58. The van der Waals surface area contributed by atoms with Crippen LogP contribution in [0.1, 0.15) is 31.4 Å². The highest BCUT2D eigenvalue weighted by molar-refractivity contribution is 9.10. The molecule has 1 fully saturated rings. The Bertz CT molecular complexity index is 384. The zero-order valence-corrected chi connectivity index (χ0v) is 10.5. The molecule has 1 aliphatic carbocycles. The van der Waals surface area contributed by atoms with Crippen molar-refractivity contribution in [2.75, 3.05) is 0 Å². The fraction of sp³-hybridized carbons (Fsp3) is 0.500. The summed E-state index contributed by atoms with van der Waals surface area (Å²) in [6, 6.07) is 6.43. The van der Waals surface area contributed by atoms with Crippen molar-refractivity contribution in [1.82, 2.24) is 0 Å². The molecule has 2 rings (SSSR count). The van der Waals surface area contributed by atoms with Crippen LogP contribution in [0, 0.1) is 12.3 Å². The van der Waals surface area contributed by atoms with E-state index in [0.29, 0.717) is 0 Å². The fourth-order valence-electron chi connectivity index (χ4n) is 2.02. The van der Waals surface area contributed by atoms with Crippen molar-refractivity contribution in [3.8, 4) is 0 Å². The van der Waals surface area contributed by atoms with Gasteiger partial charge in [-0.3, -0.25) is 0 Å². The number of rotatable bonds is 1. The van der Waals surface area contributed by atoms with E-state index in [4.69, 9.17) is 5.73 Å². The van der Waals surface area contributed by atoms with Crippen LogP contribution in [-0.2, 0) is 5.54 Å². The SMILES string of the molecule is Cc1ccc(C2(N)CC2(C)C)cc1Br. The van der Waals surface area contributed by atoms with Crippen LogP contribution in [-0.4, -0.2) is 0 Å². The minimum absolute atomic E-state index is 0.108. The molecule has 0 spiro atoms. The molecule has 0 bridgehead atoms. The number of hydrogen-bond donors (Lipinski definition) is 1. The highest BCUT2D eigenvalue weighted by Crippen LogP contribution is 2.60. The molecule has 1 unspecified atom stereocenters. The van der Waals surface area contributed by atoms with Gasteiger partial charge in [0.1, 0.15) is 0 Å². The van der Waals surface area contributed by atoms with E-state index in [-0.39, 0.29) is 11.0 Å². The van der Waals surface area contributed by atoms with Crippen LogP contribution in [0.2, 0.25) is 0 Å². The van der Waals surface area contributed by atoms with E-state index in [1.165, 1.54) is 11.1 Å². The quantitative estimate of drug-likeness (QED) is 0.817. The topological polar surface area (TPSA) is 26.0 Å². The maximum Gasteiger partial charge on any atom is 0.0468 e. The van der Waals surface area contributed by atoms with E-state index in [1.807, 2.05) is 0 Å². The molecule has 0 aliphatic heterocycles. The number of benzene rings is 1. The van der Waals surface area contributed by atoms with Gasteiger partial charge < -0.3 is 5.73 Å². The highest BCUT2D eigenvalue weighted by Gasteiger charge is 2.59. The lowest BCUT2D eigenvalue weighted by molar-refractivity contribution is 0.510. The summed E-state index contributed by atoms with van der Waals surface area (Å²) in [6.45, 7) is 6.54. The second-order valence-corrected chi connectivity index (χ2v) is 5.85. The van der Waals surface area contributed by atoms with Crippen LogP contribution in [0.4, 0.5) is 0 Å². The van der Waals surface area contributed by atoms with Gasteiger partial charge >= 0.3 is 0 Å². The molecule has 1 aliphatic rings. The van der Waals surface area contributed by atoms with Gasteiger partial charge in [0.25, 0.3) is 0 Å². The minimum Gasteiger partial charge on any atom is -0.321 e. The minimum atomic E-state index is -0.108. The summed E-state index contributed by atoms with van der Waals surface area (Å²) in [5.41, 5.74) is 9.00. The van der Waals surface area contributed by atoms with Gasteiger partial charge in [-0.2, -0.15) is 0 Å². The molecule has 76 valence electrons. The van der Waals surface area contributed by atoms with Crippen LogP contribution in [0.5, 0.6) is 0 Å². The summed E-state index contributed by atoms with van der Waals surface area (Å²) < 4.78 is 1.16. The molecule has 2 heteroatoms. The Balaban J connectivity index is 2.40. The van der Waals surface area contributed by atoms with Gasteiger partial charge in [-0.15, -0.1) is 0 Å². The molecule has 1 nitrogen and oxygen atoms in total. The lowest BCUT2D eigenvalue weighted by Gasteiger charge is -2.16. The molecule has 1 aromatic carbocycles. The molecule has 1 atom stereocenters. The molecular weight excluding hydrogens is 238 g/mol. The van der Waals surface area contributed by atoms with Crippen LogP contribution >= 0.6 is 15.9 Å². The van der Waals surface area contributed by atoms with Crippen LogP contribution in [0.15, 0.2) is 22.7 Å². The summed E-state index contributed by atoms with van der Waals surface area (Å²) in [6.07, 6.45) is 1.08. The number of halogens is 1. The van der Waals surface area contributed by atoms with Crippen LogP contribution in [0.3, 0.4) is 0 Å². The average molecular weight is 254 g/mol. The predicted octanol–water partition coefficient (Wildman–Crippen LogP) is 3.34. The van der Waals surface area contributed by atoms with Crippen molar-refractivity contribution in [3.63, 3.8) is 0 Å². The van der Waals surface area contributed by atoms with Gasteiger partial charge in [-0.05, 0) is 36.0 Å². The third kappa shape index (κ3) is 1.32. The monoisotopic (exact) mass is 253 g/mol. The largest absolute Gasteiger partial charge is 0.321 e. The molecule has 14 heavy (non-hydrogen) atoms. The first-order valence-electron chi connectivity index (χ1n) is 4.92. The molecule has 0 saturated heterocycles. The predicted molar refractivity (Wildman–Crippen MR) is 63.1 cm³/mol. The van der Waals surface area contributed by atoms with Crippen LogP contribution < -0.4 is 5.73 Å². The lowest BCUT2D eigenvalue weighted by Crippen LogP contribution is -2.25. The van der Waals surface area contributed by atoms with Crippen LogP contribution in [0.25, 0.3) is 0 Å². The Morgan fingerprint density at radius 1 is 1.36 bits per heavy atom. The van der Waals surface area contributed by atoms with Crippen molar-refractivity contribution < 1.29 is 0 Å². The molecule has 0 heterocycles. The first-order chi connectivity index (χ1) is 6.37. The van der Waals surface area contributed by atoms with Gasteiger partial charge in [-0.1, -0.05) is 41.9 Å². The van der Waals surface area contributed by atoms with E-state index in [2.05, 4.69) is 54.9 Å². The summed E-state index contributed by atoms with van der Waals surface area (Å²) >= 11 is 3.55. The van der Waals surface area contributed by atoms with Gasteiger partial charge in [0.05, 0.1) is 0 Å². The third-order valence-electron chi connectivity index (χ3n) is 3.49. The smallest absolute Gasteiger partial charge is 0.0468 e. The Labute approximate surface area is 93.8 Å². The Morgan fingerprint density at radius 2 is 1.93 bits per heavy atom. The number of nitrogens with two attached hydrogens (primary N) is 1. The number of hydrogen-bond acceptors (Lipinski definition) is 1. The maximum absolute atomic E-state index is 6.34. The van der Waals surface area contributed by atoms with Gasteiger partial charge in [0, 0.05) is 10.0 Å². The highest BCUT2D eigenvalue weighted by atomic mass is 79.9. The summed E-state index contributed by atoms with van der Waals surface area (Å²) in [7, 11) is 0. The summed E-state index contributed by atoms with van der Waals surface area (Å²) in [4.78, 5) is 0. The van der Waals surface area contributed by atoms with Crippen molar-refractivity contribution >= 4 is 15.9 Å². The zero-order valence-electron chi connectivity index (χ0n) is 8.89. The Hall–Kier alpha value is -0.340. The van der Waals surface area contributed by atoms with Gasteiger partial charge in [-0.25, -0.2) is 0 Å². The third-order valence-corrected chi connectivity index (χ3v) is 4.34. The molecule has 0 radical (unpaired) electrons. The molecule has 2 N–H and O–H groups in total. The van der Waals surface area contributed by atoms with E-state index in [0.717, 1.165) is 10.9 Å². The first-order valence-corrected chi connectivity index (χ1v) is 5.72. The Kier molecular flexibility index (Phi) is 2.06. The van der Waals surface area contributed by atoms with Crippen molar-refractivity contribution in [2.45, 2.75) is 32.7 Å². The molecule has 1 aromatic rings. The standard InChI is InChI=1S/C12H16BrN/c1-8-4-5-9(6-10(8)13)12(14)7-11(12,2)3/h4-6H,7,14H2,1-3H3. The first kappa shape index (κ1) is 10.2. The van der Waals surface area contributed by atoms with Crippen molar-refractivity contribution in [2.24, 2.45) is 11.1 Å². The van der Waals surface area contributed by atoms with Crippen molar-refractivity contribution in [1.29, 1.82) is 0 Å². The molecule has 0 aromatic heterocycles. The fourth-order valence-corrected chi connectivity index (χ4v) is 2.39. The van der Waals surface area contributed by atoms with E-state index < -0.39 is 0 Å². The Morgan fingerprint density at radius 3 is 2.36 bits per heavy atom. The van der Waals surface area contributed by atoms with E-state index >= 15 is 0 Å². The van der Waals surface area contributed by atoms with E-state index in [1.54, 1.807) is 0 Å². The maximum atomic E-state index is 6.34. The second kappa shape index (κ2) is 2.83. The van der Waals surface area contributed by atoms with Gasteiger partial charge in [0.15, 0.2) is 0 Å². The normalized spacial score (nSPS) is 28.9. The molecular formula is C12H16BrN. The molecule has 1 saturated carbocycles.